The van der Waals surface area contributed by atoms with E-state index in [4.69, 9.17) is 48.1 Å². The van der Waals surface area contributed by atoms with Crippen LogP contribution in [0.4, 0.5) is 0 Å². The van der Waals surface area contributed by atoms with E-state index >= 15 is 0 Å². The fourth-order valence-electron chi connectivity index (χ4n) is 10.6. The van der Waals surface area contributed by atoms with Crippen molar-refractivity contribution in [2.45, 2.75) is 240 Å². The number of carboxylic acids is 2. The number of aliphatic carboxylic acids is 2. The average Bonchev–Trinajstić information content (AvgIpc) is 1.14. The molecule has 6 N–H and O–H groups in total. The molecule has 2 heterocycles. The fourth-order valence-corrected chi connectivity index (χ4v) is 10.6. The second-order valence-electron chi connectivity index (χ2n) is 34.0. The fraction of sp³-hybridized carbons (Fsp3) is 0.705. The number of carboxylic acid groups (broad SMARTS) is 2. The number of aliphatic hydroxyl groups excluding tert-OH is 2. The predicted octanol–water partition coefficient (Wildman–Crippen LogP) is 11.0. The van der Waals surface area contributed by atoms with Gasteiger partial charge in [0.15, 0.2) is 0 Å². The van der Waals surface area contributed by atoms with Crippen LogP contribution in [0.2, 0.25) is 0 Å². The maximum absolute atomic E-state index is 14.2. The molecule has 0 bridgehead atoms. The number of nitrogens with zero attached hydrogens (tertiary/aromatic N) is 2. The van der Waals surface area contributed by atoms with Crippen molar-refractivity contribution >= 4 is 83.4 Å². The van der Waals surface area contributed by atoms with Crippen LogP contribution in [0.5, 0.6) is 0 Å². The van der Waals surface area contributed by atoms with Gasteiger partial charge < -0.3 is 88.2 Å². The molecule has 6 unspecified atom stereocenters. The van der Waals surface area contributed by atoms with E-state index in [2.05, 4.69) is 73.8 Å². The summed E-state index contributed by atoms with van der Waals surface area (Å²) in [7, 11) is 2.51. The number of likely N-dealkylation sites (tertiary alicyclic amines) is 2. The van der Waals surface area contributed by atoms with Gasteiger partial charge in [-0.2, -0.15) is 0 Å². The minimum absolute atomic E-state index is 0.0112. The third kappa shape index (κ3) is 60.4. The van der Waals surface area contributed by atoms with Gasteiger partial charge in [0, 0.05) is 117 Å². The quantitative estimate of drug-likeness (QED) is 0.0143. The first-order valence-corrected chi connectivity index (χ1v) is 40.5. The zero-order valence-corrected chi connectivity index (χ0v) is 76.6. The highest BCUT2D eigenvalue weighted by Gasteiger charge is 2.50. The molecule has 2 aliphatic rings. The molecule has 2 amide bonds. The molecule has 120 heavy (non-hydrogen) atoms. The van der Waals surface area contributed by atoms with Crippen molar-refractivity contribution in [1.82, 2.24) is 20.4 Å². The van der Waals surface area contributed by atoms with E-state index in [1.165, 1.54) is 33.0 Å². The monoisotopic (exact) mass is 1710 g/mol. The highest BCUT2D eigenvalue weighted by atomic mass is 16.6. The third-order valence-corrected chi connectivity index (χ3v) is 16.7. The van der Waals surface area contributed by atoms with E-state index in [1.807, 2.05) is 76.2 Å². The molecule has 2 fully saturated rings. The van der Waals surface area contributed by atoms with Gasteiger partial charge in [0.05, 0.1) is 87.9 Å². The van der Waals surface area contributed by atoms with E-state index in [1.54, 1.807) is 52.6 Å². The van der Waals surface area contributed by atoms with Gasteiger partial charge in [0.1, 0.15) is 13.2 Å². The summed E-state index contributed by atoms with van der Waals surface area (Å²) < 4.78 is 51.1. The Balaban J connectivity index is -0.000000587. The van der Waals surface area contributed by atoms with Crippen LogP contribution in [0, 0.1) is 57.7 Å². The van der Waals surface area contributed by atoms with Crippen molar-refractivity contribution in [3.8, 4) is 0 Å². The Morgan fingerprint density at radius 2 is 0.892 bits per heavy atom. The van der Waals surface area contributed by atoms with Crippen LogP contribution in [-0.2, 0) is 114 Å². The Morgan fingerprint density at radius 1 is 0.492 bits per heavy atom. The second kappa shape index (κ2) is 63.8. The van der Waals surface area contributed by atoms with Crippen LogP contribution in [0.15, 0.2) is 74.0 Å². The summed E-state index contributed by atoms with van der Waals surface area (Å²) in [6.45, 7) is 60.1. The highest BCUT2D eigenvalue weighted by molar-refractivity contribution is 5.92. The van der Waals surface area contributed by atoms with Crippen LogP contribution < -0.4 is 10.6 Å². The molecule has 0 radical (unpaired) electrons. The van der Waals surface area contributed by atoms with Crippen molar-refractivity contribution in [2.24, 2.45) is 57.7 Å². The number of esters is 10. The number of nitrogens with one attached hydrogen (secondary N) is 2. The minimum atomic E-state index is -1.61. The molecule has 32 heteroatoms. The van der Waals surface area contributed by atoms with E-state index in [0.717, 1.165) is 31.2 Å². The van der Waals surface area contributed by atoms with Gasteiger partial charge in [-0.1, -0.05) is 95.2 Å². The zero-order chi connectivity index (χ0) is 94.1. The Labute approximate surface area is 714 Å². The van der Waals surface area contributed by atoms with Gasteiger partial charge >= 0.3 is 71.6 Å². The Morgan fingerprint density at radius 3 is 1.23 bits per heavy atom. The summed E-state index contributed by atoms with van der Waals surface area (Å²) in [5, 5.41) is 42.6. The van der Waals surface area contributed by atoms with Gasteiger partial charge in [-0.05, 0) is 165 Å². The van der Waals surface area contributed by atoms with Crippen molar-refractivity contribution in [1.29, 1.82) is 0 Å². The summed E-state index contributed by atoms with van der Waals surface area (Å²) in [5.74, 6) is -10.9. The minimum Gasteiger partial charge on any atom is -0.481 e. The Kier molecular flexibility index (Phi) is 63.5. The molecule has 0 aromatic heterocycles. The number of rotatable bonds is 45. The van der Waals surface area contributed by atoms with E-state index in [9.17, 15) is 77.3 Å². The van der Waals surface area contributed by atoms with Crippen LogP contribution in [-0.4, -0.2) is 237 Å². The number of hydrogen-bond donors (Lipinski definition) is 6. The van der Waals surface area contributed by atoms with Gasteiger partial charge in [-0.3, -0.25) is 38.4 Å². The number of carbonyl (C=O) groups is 14. The van der Waals surface area contributed by atoms with E-state index in [-0.39, 0.29) is 156 Å². The maximum Gasteiger partial charge on any atom is 0.333 e. The highest BCUT2D eigenvalue weighted by Crippen LogP contribution is 2.45. The normalized spacial score (nSPS) is 14.3. The molecule has 0 aliphatic carbocycles. The lowest BCUT2D eigenvalue weighted by Gasteiger charge is -2.40. The number of ether oxygens (including phenoxy) is 10. The molecule has 0 aromatic rings. The smallest absolute Gasteiger partial charge is 0.333 e. The van der Waals surface area contributed by atoms with Gasteiger partial charge in [-0.15, -0.1) is 0 Å². The number of aliphatic hydroxyl groups is 2. The van der Waals surface area contributed by atoms with Gasteiger partial charge in [0.2, 0.25) is 11.8 Å². The van der Waals surface area contributed by atoms with E-state index in [0.29, 0.717) is 68.9 Å². The summed E-state index contributed by atoms with van der Waals surface area (Å²) in [4.78, 5) is 172. The third-order valence-electron chi connectivity index (χ3n) is 16.7. The molecule has 0 aromatic carbocycles. The standard InChI is InChI=1S/C45H78N2O14.C12H20O4.C10H19NO2.C7H12O3.C6H9NO.C5H8O2.C3H4O2/c1-29(2)26-60-37(52)31(5)34(38(53)61-27-30(3)4)25-44(11,41(56)58-20-15-19-48)24-33(47-18-14-16-35(47)49)22-32(36(50)51)23-45(12,40(55)57-13)28-43(9,10)39(54)59-21-17-46-42(6,7)8;1-9(2)7-15-11(13)5-6-12(14)16-8-10(3)4;1-8(2)9(12)13-7-6-11-10(3,4)5;1-6(2)7(9)10-5-3-4-8;1-2-7-5-3-4-6(7)8;1-4(2)5(6)7-3;1-2-3(4)5/h29-34,46,48H,14-28H2,1-13H3,(H,50,51);5-6,9-10H,7-8H2,1-4H3;11H,1,6-7H2,2-5H3;8H,1,3-5H2,2H3;2H,1,3-5H2;1H2,2-3H3;2H,1H2,(H,4,5)/b;6-5+;;;;;. The van der Waals surface area contributed by atoms with Crippen LogP contribution in [0.1, 0.15) is 223 Å². The maximum atomic E-state index is 14.2. The molecular formula is C88H150N4O28. The molecule has 0 saturated carbocycles. The first-order valence-electron chi connectivity index (χ1n) is 40.5. The van der Waals surface area contributed by atoms with Crippen LogP contribution in [0.25, 0.3) is 0 Å². The molecule has 0 spiro atoms. The SMILES string of the molecule is C=C(C)C(=O)OC.C=C(C)C(=O)OCCCO.C=C(C)C(=O)OCCNC(C)(C)C.C=CC(=O)O.C=CN1CCCC1=O.CC(C)COC(=O)/C=C/C(=O)OCC(C)C.COC(=O)C(C)(CC(CC(CC(C)(CC(C(=O)OCC(C)C)C(C)C(=O)OCC(C)C)C(=O)OCCCO)N1CCCC1=O)C(=O)O)CC(C)(C)C(=O)OCCNC(C)(C)C. The van der Waals surface area contributed by atoms with Crippen molar-refractivity contribution in [3.05, 3.63) is 74.0 Å². The lowest BCUT2D eigenvalue weighted by Crippen LogP contribution is -2.47. The molecule has 2 aliphatic heterocycles. The molecule has 2 rings (SSSR count). The van der Waals surface area contributed by atoms with Crippen molar-refractivity contribution < 1.29 is 135 Å². The molecule has 32 nitrogen and oxygen atoms in total. The van der Waals surface area contributed by atoms with Gasteiger partial charge in [-0.25, -0.2) is 28.8 Å². The second-order valence-corrected chi connectivity index (χ2v) is 34.0. The predicted molar refractivity (Wildman–Crippen MR) is 454 cm³/mol. The van der Waals surface area contributed by atoms with Crippen LogP contribution >= 0.6 is 0 Å². The summed E-state index contributed by atoms with van der Waals surface area (Å²) >= 11 is 0. The summed E-state index contributed by atoms with van der Waals surface area (Å²) in [6.07, 6.45) is 6.47. The zero-order valence-electron chi connectivity index (χ0n) is 76.6. The first-order chi connectivity index (χ1) is 55.3. The lowest BCUT2D eigenvalue weighted by atomic mass is 9.68. The Bertz CT molecular complexity index is 3220. The average molecular weight is 1710 g/mol. The van der Waals surface area contributed by atoms with Crippen molar-refractivity contribution in [2.75, 3.05) is 106 Å². The molecule has 6 atom stereocenters. The van der Waals surface area contributed by atoms with Crippen molar-refractivity contribution in [3.63, 3.8) is 0 Å². The van der Waals surface area contributed by atoms with E-state index < -0.39 is 99.7 Å². The first kappa shape index (κ1) is 119. The summed E-state index contributed by atoms with van der Waals surface area (Å²) in [5.41, 5.74) is -3.26. The molecular weight excluding hydrogens is 1560 g/mol. The number of methoxy groups -OCH3 is 2. The molecule has 2 saturated heterocycles. The number of carbonyl (C=O) groups excluding carboxylic acids is 12. The lowest BCUT2D eigenvalue weighted by molar-refractivity contribution is -0.168. The number of amides is 2. The largest absolute Gasteiger partial charge is 0.481 e. The summed E-state index contributed by atoms with van der Waals surface area (Å²) in [6, 6.07) is -0.919. The van der Waals surface area contributed by atoms with Gasteiger partial charge in [0.25, 0.3) is 0 Å². The molecule has 690 valence electrons. The number of hydrogen-bond acceptors (Lipinski definition) is 28. The topological polar surface area (TPSA) is 443 Å². The van der Waals surface area contributed by atoms with Crippen LogP contribution in [0.3, 0.4) is 0 Å². The Hall–Kier alpha value is -9.14.